The first-order chi connectivity index (χ1) is 4.81. The fraction of sp³-hybridized carbons (Fsp3) is 1.00. The third-order valence-corrected chi connectivity index (χ3v) is 3.19. The second kappa shape index (κ2) is 11.0. The molecule has 11 heavy (non-hydrogen) atoms. The SMILES string of the molecule is NCCCCCP(N)SF.S. The van der Waals surface area contributed by atoms with Gasteiger partial charge in [-0.05, 0) is 25.5 Å². The first kappa shape index (κ1) is 14.5. The Kier molecular flexibility index (Phi) is 14.5. The van der Waals surface area contributed by atoms with Gasteiger partial charge in [0.1, 0.15) is 0 Å². The first-order valence-corrected chi connectivity index (χ1v) is 6.24. The van der Waals surface area contributed by atoms with E-state index in [1.165, 1.54) is 0 Å². The first-order valence-electron chi connectivity index (χ1n) is 3.32. The smallest absolute Gasteiger partial charge is 0.0865 e. The monoisotopic (exact) mass is 218 g/mol. The van der Waals surface area contributed by atoms with Crippen LogP contribution in [0.5, 0.6) is 0 Å². The average molecular weight is 218 g/mol. The Hall–Kier alpha value is 0.980. The molecule has 1 unspecified atom stereocenters. The van der Waals surface area contributed by atoms with Crippen molar-refractivity contribution in [2.45, 2.75) is 19.3 Å². The largest absolute Gasteiger partial charge is 0.330 e. The maximum absolute atomic E-state index is 11.7. The molecule has 0 amide bonds. The van der Waals surface area contributed by atoms with Crippen molar-refractivity contribution in [1.29, 1.82) is 0 Å². The molecule has 0 aromatic rings. The summed E-state index contributed by atoms with van der Waals surface area (Å²) in [5, 5.41) is 0. The van der Waals surface area contributed by atoms with Crippen molar-refractivity contribution in [3.8, 4) is 0 Å². The number of hydrogen-bond donors (Lipinski definition) is 2. The molecule has 0 aromatic heterocycles. The Morgan fingerprint density at radius 1 is 1.27 bits per heavy atom. The Labute approximate surface area is 80.0 Å². The van der Waals surface area contributed by atoms with Crippen LogP contribution in [0.1, 0.15) is 19.3 Å². The Morgan fingerprint density at radius 2 is 1.91 bits per heavy atom. The minimum atomic E-state index is -0.886. The van der Waals surface area contributed by atoms with Gasteiger partial charge in [0.15, 0.2) is 0 Å². The zero-order valence-corrected chi connectivity index (χ0v) is 9.13. The van der Waals surface area contributed by atoms with Crippen molar-refractivity contribution in [2.75, 3.05) is 12.7 Å². The quantitative estimate of drug-likeness (QED) is 0.530. The van der Waals surface area contributed by atoms with Crippen molar-refractivity contribution >= 4 is 32.5 Å². The normalized spacial score (nSPS) is 12.3. The molecule has 0 radical (unpaired) electrons. The van der Waals surface area contributed by atoms with Crippen LogP contribution in [0.25, 0.3) is 0 Å². The van der Waals surface area contributed by atoms with Crippen molar-refractivity contribution in [1.82, 2.24) is 0 Å². The van der Waals surface area contributed by atoms with Crippen LogP contribution in [0.2, 0.25) is 0 Å². The Morgan fingerprint density at radius 3 is 2.36 bits per heavy atom. The van der Waals surface area contributed by atoms with Crippen LogP contribution in [0.3, 0.4) is 0 Å². The van der Waals surface area contributed by atoms with E-state index in [0.717, 1.165) is 32.0 Å². The van der Waals surface area contributed by atoms with Gasteiger partial charge < -0.3 is 5.73 Å². The zero-order chi connectivity index (χ0) is 7.82. The fourth-order valence-corrected chi connectivity index (χ4v) is 1.82. The molecule has 4 N–H and O–H groups in total. The number of nitrogens with two attached hydrogens (primary N) is 2. The van der Waals surface area contributed by atoms with Crippen molar-refractivity contribution < 1.29 is 3.89 Å². The van der Waals surface area contributed by atoms with Gasteiger partial charge in [0.25, 0.3) is 0 Å². The molecule has 0 aliphatic carbocycles. The molecule has 0 heterocycles. The lowest BCUT2D eigenvalue weighted by atomic mass is 10.2. The molecule has 0 fully saturated rings. The summed E-state index contributed by atoms with van der Waals surface area (Å²) < 4.78 is 11.7. The van der Waals surface area contributed by atoms with Gasteiger partial charge in [-0.15, -0.1) is 0 Å². The van der Waals surface area contributed by atoms with Gasteiger partial charge in [-0.25, -0.2) is 0 Å². The number of unbranched alkanes of at least 4 members (excludes halogenated alkanes) is 2. The van der Waals surface area contributed by atoms with Crippen LogP contribution in [0.15, 0.2) is 0 Å². The van der Waals surface area contributed by atoms with Gasteiger partial charge in [0, 0.05) is 0 Å². The van der Waals surface area contributed by atoms with E-state index in [1.807, 2.05) is 0 Å². The zero-order valence-electron chi connectivity index (χ0n) is 6.42. The predicted molar refractivity (Wildman–Crippen MR) is 58.0 cm³/mol. The molecule has 0 saturated carbocycles. The van der Waals surface area contributed by atoms with Crippen LogP contribution in [0.4, 0.5) is 3.89 Å². The summed E-state index contributed by atoms with van der Waals surface area (Å²) in [6.45, 7) is 0.727. The summed E-state index contributed by atoms with van der Waals surface area (Å²) in [6.07, 6.45) is 3.93. The summed E-state index contributed by atoms with van der Waals surface area (Å²) >= 11 is 0.294. The number of halogens is 1. The predicted octanol–water partition coefficient (Wildman–Crippen LogP) is 2.12. The molecule has 1 atom stereocenters. The molecular formula is C5H16FN2PS2. The van der Waals surface area contributed by atoms with E-state index >= 15 is 0 Å². The van der Waals surface area contributed by atoms with E-state index < -0.39 is 7.27 Å². The molecule has 0 aromatic carbocycles. The lowest BCUT2D eigenvalue weighted by molar-refractivity contribution is 0.731. The minimum Gasteiger partial charge on any atom is -0.330 e. The Bertz CT molecular complexity index is 79.5. The van der Waals surface area contributed by atoms with E-state index in [1.54, 1.807) is 0 Å². The van der Waals surface area contributed by atoms with Gasteiger partial charge in [-0.1, -0.05) is 6.42 Å². The standard InChI is InChI=1S/C5H14FN2PS.H2S/c6-10-9(8)5-3-1-2-4-7;/h1-5,7-8H2;1H2. The van der Waals surface area contributed by atoms with Gasteiger partial charge in [0.05, 0.1) is 19.0 Å². The van der Waals surface area contributed by atoms with Crippen LogP contribution in [-0.2, 0) is 0 Å². The highest BCUT2D eigenvalue weighted by Crippen LogP contribution is 2.43. The van der Waals surface area contributed by atoms with E-state index in [9.17, 15) is 3.89 Å². The van der Waals surface area contributed by atoms with E-state index in [4.69, 9.17) is 11.2 Å². The average Bonchev–Trinajstić information content (AvgIpc) is 1.98. The minimum absolute atomic E-state index is 0. The fourth-order valence-electron chi connectivity index (χ4n) is 0.623. The van der Waals surface area contributed by atoms with Crippen LogP contribution < -0.4 is 11.2 Å². The Balaban J connectivity index is 0. The number of hydrogen-bond acceptors (Lipinski definition) is 3. The lowest BCUT2D eigenvalue weighted by Crippen LogP contribution is -1.98. The molecule has 6 heteroatoms. The maximum Gasteiger partial charge on any atom is 0.0865 e. The third-order valence-electron chi connectivity index (χ3n) is 1.17. The summed E-state index contributed by atoms with van der Waals surface area (Å²) in [6, 6.07) is 0. The number of rotatable bonds is 6. The molecule has 0 bridgehead atoms. The van der Waals surface area contributed by atoms with E-state index in [-0.39, 0.29) is 13.5 Å². The maximum atomic E-state index is 11.7. The van der Waals surface area contributed by atoms with Gasteiger partial charge in [-0.3, -0.25) is 5.50 Å². The molecular weight excluding hydrogens is 202 g/mol. The lowest BCUT2D eigenvalue weighted by Gasteiger charge is -2.03. The summed E-state index contributed by atoms with van der Waals surface area (Å²) in [4.78, 5) is 0. The second-order valence-electron chi connectivity index (χ2n) is 2.06. The van der Waals surface area contributed by atoms with Crippen LogP contribution >= 0.6 is 32.5 Å². The van der Waals surface area contributed by atoms with Crippen molar-refractivity contribution in [3.63, 3.8) is 0 Å². The molecule has 0 rings (SSSR count). The summed E-state index contributed by atoms with van der Waals surface area (Å²) in [7, 11) is -0.886. The summed E-state index contributed by atoms with van der Waals surface area (Å²) in [5.74, 6) is 0. The van der Waals surface area contributed by atoms with Gasteiger partial charge in [0.2, 0.25) is 0 Å². The summed E-state index contributed by atoms with van der Waals surface area (Å²) in [5.41, 5.74) is 10.6. The topological polar surface area (TPSA) is 52.0 Å². The molecule has 2 nitrogen and oxygen atoms in total. The highest BCUT2D eigenvalue weighted by Gasteiger charge is 2.00. The third kappa shape index (κ3) is 11.0. The second-order valence-corrected chi connectivity index (χ2v) is 5.30. The van der Waals surface area contributed by atoms with Crippen LogP contribution in [-0.4, -0.2) is 12.7 Å². The van der Waals surface area contributed by atoms with Crippen molar-refractivity contribution in [3.05, 3.63) is 0 Å². The van der Waals surface area contributed by atoms with Crippen LogP contribution in [0, 0.1) is 0 Å². The van der Waals surface area contributed by atoms with Gasteiger partial charge in [-0.2, -0.15) is 17.4 Å². The molecule has 70 valence electrons. The van der Waals surface area contributed by atoms with E-state index in [2.05, 4.69) is 0 Å². The highest BCUT2D eigenvalue weighted by atomic mass is 32.7. The van der Waals surface area contributed by atoms with Crippen molar-refractivity contribution in [2.24, 2.45) is 11.2 Å². The van der Waals surface area contributed by atoms with Gasteiger partial charge >= 0.3 is 0 Å². The molecule has 0 aliphatic rings. The molecule has 0 aliphatic heterocycles. The van der Waals surface area contributed by atoms with E-state index in [0.29, 0.717) is 11.8 Å². The molecule has 0 saturated heterocycles. The highest BCUT2D eigenvalue weighted by molar-refractivity contribution is 8.52. The molecule has 0 spiro atoms.